The Morgan fingerprint density at radius 3 is 2.23 bits per heavy atom. The zero-order valence-electron chi connectivity index (χ0n) is 17.9. The lowest BCUT2D eigenvalue weighted by Crippen LogP contribution is -2.28. The SMILES string of the molecule is CC1CCCN1CCc1ccc(-c2ccc(S(=O)(=O)C[C@H]3CCCCO3)cc2)cc1. The van der Waals surface area contributed by atoms with E-state index in [1.54, 1.807) is 12.1 Å². The average Bonchev–Trinajstić information content (AvgIpc) is 3.18. The summed E-state index contributed by atoms with van der Waals surface area (Å²) in [5.41, 5.74) is 3.51. The third kappa shape index (κ3) is 5.32. The summed E-state index contributed by atoms with van der Waals surface area (Å²) in [6.07, 6.45) is 6.45. The van der Waals surface area contributed by atoms with Crippen molar-refractivity contribution < 1.29 is 13.2 Å². The van der Waals surface area contributed by atoms with E-state index in [1.807, 2.05) is 12.1 Å². The first-order valence-corrected chi connectivity index (χ1v) is 12.9. The molecule has 0 amide bonds. The summed E-state index contributed by atoms with van der Waals surface area (Å²) in [6, 6.07) is 16.7. The zero-order valence-corrected chi connectivity index (χ0v) is 18.7. The van der Waals surface area contributed by atoms with Gasteiger partial charge >= 0.3 is 0 Å². The molecule has 4 rings (SSSR count). The van der Waals surface area contributed by atoms with E-state index in [-0.39, 0.29) is 11.9 Å². The summed E-state index contributed by atoms with van der Waals surface area (Å²) in [7, 11) is -3.32. The van der Waals surface area contributed by atoms with Crippen molar-refractivity contribution in [3.63, 3.8) is 0 Å². The van der Waals surface area contributed by atoms with Crippen molar-refractivity contribution in [2.24, 2.45) is 0 Å². The third-order valence-electron chi connectivity index (χ3n) is 6.56. The van der Waals surface area contributed by atoms with Gasteiger partial charge in [0.25, 0.3) is 0 Å². The highest BCUT2D eigenvalue weighted by molar-refractivity contribution is 7.91. The van der Waals surface area contributed by atoms with Crippen LogP contribution in [-0.4, -0.2) is 50.9 Å². The van der Waals surface area contributed by atoms with Crippen molar-refractivity contribution in [1.82, 2.24) is 4.90 Å². The number of sulfone groups is 1. The summed E-state index contributed by atoms with van der Waals surface area (Å²) in [6.45, 7) is 5.34. The molecule has 2 aliphatic rings. The largest absolute Gasteiger partial charge is 0.377 e. The maximum Gasteiger partial charge on any atom is 0.180 e. The molecule has 0 spiro atoms. The van der Waals surface area contributed by atoms with E-state index in [4.69, 9.17) is 4.74 Å². The predicted molar refractivity (Wildman–Crippen MR) is 121 cm³/mol. The van der Waals surface area contributed by atoms with Gasteiger partial charge in [-0.2, -0.15) is 0 Å². The van der Waals surface area contributed by atoms with E-state index in [9.17, 15) is 8.42 Å². The van der Waals surface area contributed by atoms with Crippen LogP contribution in [0.1, 0.15) is 44.6 Å². The summed E-state index contributed by atoms with van der Waals surface area (Å²) in [5, 5.41) is 0. The molecule has 2 aromatic rings. The Bertz CT molecular complexity index is 916. The second-order valence-corrected chi connectivity index (χ2v) is 10.8. The molecule has 0 aliphatic carbocycles. The van der Waals surface area contributed by atoms with Crippen molar-refractivity contribution in [3.05, 3.63) is 54.1 Å². The first kappa shape index (κ1) is 21.5. The van der Waals surface area contributed by atoms with Gasteiger partial charge in [0.2, 0.25) is 0 Å². The monoisotopic (exact) mass is 427 g/mol. The van der Waals surface area contributed by atoms with Gasteiger partial charge in [-0.25, -0.2) is 8.42 Å². The first-order valence-electron chi connectivity index (χ1n) is 11.3. The maximum absolute atomic E-state index is 12.7. The van der Waals surface area contributed by atoms with E-state index in [2.05, 4.69) is 36.1 Å². The smallest absolute Gasteiger partial charge is 0.180 e. The summed E-state index contributed by atoms with van der Waals surface area (Å²) < 4.78 is 31.0. The van der Waals surface area contributed by atoms with Crippen LogP contribution in [-0.2, 0) is 21.0 Å². The molecule has 0 bridgehead atoms. The highest BCUT2D eigenvalue weighted by Crippen LogP contribution is 2.24. The lowest BCUT2D eigenvalue weighted by Gasteiger charge is -2.22. The van der Waals surface area contributed by atoms with E-state index >= 15 is 0 Å². The molecule has 0 aromatic heterocycles. The molecule has 2 heterocycles. The Morgan fingerprint density at radius 2 is 1.63 bits per heavy atom. The van der Waals surface area contributed by atoms with Crippen LogP contribution in [0.3, 0.4) is 0 Å². The molecule has 2 fully saturated rings. The second-order valence-electron chi connectivity index (χ2n) is 8.77. The molecule has 4 nitrogen and oxygen atoms in total. The molecule has 30 heavy (non-hydrogen) atoms. The van der Waals surface area contributed by atoms with Gasteiger partial charge in [0.1, 0.15) is 0 Å². The summed E-state index contributed by atoms with van der Waals surface area (Å²) >= 11 is 0. The van der Waals surface area contributed by atoms with E-state index < -0.39 is 9.84 Å². The number of hydrogen-bond donors (Lipinski definition) is 0. The Balaban J connectivity index is 1.37. The third-order valence-corrected chi connectivity index (χ3v) is 8.36. The van der Waals surface area contributed by atoms with Gasteiger partial charge in [0, 0.05) is 19.2 Å². The van der Waals surface area contributed by atoms with Crippen LogP contribution in [0.25, 0.3) is 11.1 Å². The minimum atomic E-state index is -3.32. The Morgan fingerprint density at radius 1 is 0.933 bits per heavy atom. The topological polar surface area (TPSA) is 46.6 Å². The quantitative estimate of drug-likeness (QED) is 0.641. The average molecular weight is 428 g/mol. The molecule has 0 saturated carbocycles. The number of likely N-dealkylation sites (tertiary alicyclic amines) is 1. The molecule has 0 radical (unpaired) electrons. The molecule has 0 N–H and O–H groups in total. The molecule has 2 atom stereocenters. The first-order chi connectivity index (χ1) is 14.5. The molecular weight excluding hydrogens is 394 g/mol. The van der Waals surface area contributed by atoms with Gasteiger partial charge in [-0.15, -0.1) is 0 Å². The Labute approximate surface area is 181 Å². The van der Waals surface area contributed by atoms with Crippen LogP contribution in [0.2, 0.25) is 0 Å². The highest BCUT2D eigenvalue weighted by atomic mass is 32.2. The standard InChI is InChI=1S/C25H33NO3S/c1-20-5-4-16-26(20)17-15-21-7-9-22(10-8-21)23-11-13-25(14-12-23)30(27,28)19-24-6-2-3-18-29-24/h7-14,20,24H,2-6,15-19H2,1H3/t20?,24-/m1/s1. The Kier molecular flexibility index (Phi) is 6.91. The lowest BCUT2D eigenvalue weighted by atomic mass is 10.0. The number of benzene rings is 2. The zero-order chi connectivity index (χ0) is 21.0. The van der Waals surface area contributed by atoms with E-state index in [0.717, 1.165) is 43.4 Å². The van der Waals surface area contributed by atoms with Crippen LogP contribution in [0, 0.1) is 0 Å². The molecule has 2 aromatic carbocycles. The minimum Gasteiger partial charge on any atom is -0.377 e. The van der Waals surface area contributed by atoms with Crippen molar-refractivity contribution in [2.45, 2.75) is 62.5 Å². The van der Waals surface area contributed by atoms with Crippen LogP contribution in [0.15, 0.2) is 53.4 Å². The molecule has 1 unspecified atom stereocenters. The van der Waals surface area contributed by atoms with E-state index in [0.29, 0.717) is 17.5 Å². The normalized spacial score (nSPS) is 23.0. The summed E-state index contributed by atoms with van der Waals surface area (Å²) in [4.78, 5) is 2.96. The second kappa shape index (κ2) is 9.63. The van der Waals surface area contributed by atoms with Gasteiger partial charge in [-0.1, -0.05) is 36.4 Å². The predicted octanol–water partition coefficient (Wildman–Crippen LogP) is 4.72. The van der Waals surface area contributed by atoms with Gasteiger partial charge in [-0.05, 0) is 80.8 Å². The molecule has 162 valence electrons. The van der Waals surface area contributed by atoms with Gasteiger partial charge in [0.05, 0.1) is 16.8 Å². The van der Waals surface area contributed by atoms with Crippen LogP contribution in [0.4, 0.5) is 0 Å². The van der Waals surface area contributed by atoms with Crippen molar-refractivity contribution in [1.29, 1.82) is 0 Å². The fourth-order valence-corrected chi connectivity index (χ4v) is 6.09. The van der Waals surface area contributed by atoms with Crippen molar-refractivity contribution in [3.8, 4) is 11.1 Å². The van der Waals surface area contributed by atoms with Crippen molar-refractivity contribution in [2.75, 3.05) is 25.4 Å². The Hall–Kier alpha value is -1.69. The van der Waals surface area contributed by atoms with Gasteiger partial charge in [0.15, 0.2) is 9.84 Å². The highest BCUT2D eigenvalue weighted by Gasteiger charge is 2.23. The minimum absolute atomic E-state index is 0.0800. The van der Waals surface area contributed by atoms with Gasteiger partial charge in [-0.3, -0.25) is 0 Å². The molecule has 2 aliphatic heterocycles. The van der Waals surface area contributed by atoms with Crippen LogP contribution < -0.4 is 0 Å². The fourth-order valence-electron chi connectivity index (χ4n) is 4.60. The molecule has 2 saturated heterocycles. The number of hydrogen-bond acceptors (Lipinski definition) is 4. The van der Waals surface area contributed by atoms with E-state index in [1.165, 1.54) is 24.9 Å². The lowest BCUT2D eigenvalue weighted by molar-refractivity contribution is 0.0305. The number of rotatable bonds is 7. The number of ether oxygens (including phenoxy) is 1. The number of nitrogens with zero attached hydrogens (tertiary/aromatic N) is 1. The summed E-state index contributed by atoms with van der Waals surface area (Å²) in [5.74, 6) is 0.0800. The van der Waals surface area contributed by atoms with Crippen LogP contribution >= 0.6 is 0 Å². The molecular formula is C25H33NO3S. The van der Waals surface area contributed by atoms with Gasteiger partial charge < -0.3 is 9.64 Å². The van der Waals surface area contributed by atoms with Crippen LogP contribution in [0.5, 0.6) is 0 Å². The maximum atomic E-state index is 12.7. The van der Waals surface area contributed by atoms with Crippen molar-refractivity contribution >= 4 is 9.84 Å². The fraction of sp³-hybridized carbons (Fsp3) is 0.520. The molecule has 5 heteroatoms.